The van der Waals surface area contributed by atoms with Crippen LogP contribution in [-0.4, -0.2) is 33.8 Å². The zero-order chi connectivity index (χ0) is 13.8. The fraction of sp³-hybridized carbons (Fsp3) is 0.438. The van der Waals surface area contributed by atoms with E-state index in [4.69, 9.17) is 0 Å². The highest BCUT2D eigenvalue weighted by atomic mass is 15.3. The number of rotatable bonds is 4. The molecule has 1 N–H and O–H groups in total. The first-order valence-electron chi connectivity index (χ1n) is 7.31. The molecule has 2 aromatic rings. The molecular weight excluding hydrogens is 248 g/mol. The lowest BCUT2D eigenvalue weighted by Gasteiger charge is -2.32. The maximum atomic E-state index is 4.20. The van der Waals surface area contributed by atoms with E-state index in [1.807, 2.05) is 24.1 Å². The van der Waals surface area contributed by atoms with E-state index < -0.39 is 0 Å². The number of anilines is 1. The van der Waals surface area contributed by atoms with Gasteiger partial charge in [0.05, 0.1) is 11.9 Å². The van der Waals surface area contributed by atoms with Gasteiger partial charge in [0.25, 0.3) is 0 Å². The van der Waals surface area contributed by atoms with E-state index in [9.17, 15) is 0 Å². The van der Waals surface area contributed by atoms with Crippen LogP contribution in [-0.2, 0) is 13.6 Å². The molecule has 0 aliphatic carbocycles. The topological polar surface area (TPSA) is 33.1 Å². The number of benzene rings is 1. The summed E-state index contributed by atoms with van der Waals surface area (Å²) in [4.78, 5) is 2.54. The minimum absolute atomic E-state index is 0.575. The van der Waals surface area contributed by atoms with E-state index in [0.29, 0.717) is 6.04 Å². The van der Waals surface area contributed by atoms with Crippen LogP contribution in [0.4, 0.5) is 5.69 Å². The first-order chi connectivity index (χ1) is 9.79. The Morgan fingerprint density at radius 3 is 2.60 bits per heavy atom. The van der Waals surface area contributed by atoms with Gasteiger partial charge >= 0.3 is 0 Å². The summed E-state index contributed by atoms with van der Waals surface area (Å²) in [5.41, 5.74) is 2.54. The van der Waals surface area contributed by atoms with Crippen LogP contribution in [0.25, 0.3) is 0 Å². The molecule has 0 atom stereocenters. The predicted octanol–water partition coefficient (Wildman–Crippen LogP) is 2.50. The van der Waals surface area contributed by atoms with Crippen LogP contribution < -0.4 is 5.32 Å². The Morgan fingerprint density at radius 1 is 1.20 bits per heavy atom. The van der Waals surface area contributed by atoms with Crippen molar-refractivity contribution >= 4 is 5.69 Å². The summed E-state index contributed by atoms with van der Waals surface area (Å²) >= 11 is 0. The Morgan fingerprint density at radius 2 is 1.95 bits per heavy atom. The van der Waals surface area contributed by atoms with Crippen molar-refractivity contribution in [3.8, 4) is 0 Å². The van der Waals surface area contributed by atoms with Crippen LogP contribution >= 0.6 is 0 Å². The third kappa shape index (κ3) is 3.39. The first kappa shape index (κ1) is 13.2. The smallest absolute Gasteiger partial charge is 0.0728 e. The monoisotopic (exact) mass is 270 g/mol. The molecule has 1 aliphatic rings. The number of hydrogen-bond donors (Lipinski definition) is 1. The number of likely N-dealkylation sites (tertiary alicyclic amines) is 1. The molecule has 1 saturated heterocycles. The Labute approximate surface area is 120 Å². The summed E-state index contributed by atoms with van der Waals surface area (Å²) in [5, 5.41) is 7.77. The summed E-state index contributed by atoms with van der Waals surface area (Å²) in [6.45, 7) is 3.39. The number of aryl methyl sites for hydroxylation is 1. The highest BCUT2D eigenvalue weighted by Gasteiger charge is 2.19. The molecule has 0 unspecified atom stereocenters. The maximum Gasteiger partial charge on any atom is 0.0728 e. The van der Waals surface area contributed by atoms with Gasteiger partial charge in [0.1, 0.15) is 0 Å². The number of piperidine rings is 1. The average molecular weight is 270 g/mol. The van der Waals surface area contributed by atoms with Crippen LogP contribution in [0.15, 0.2) is 42.7 Å². The molecule has 1 aromatic heterocycles. The second-order valence-electron chi connectivity index (χ2n) is 5.58. The fourth-order valence-corrected chi connectivity index (χ4v) is 2.81. The second kappa shape index (κ2) is 6.09. The number of nitrogens with zero attached hydrogens (tertiary/aromatic N) is 3. The molecule has 106 valence electrons. The van der Waals surface area contributed by atoms with Gasteiger partial charge in [-0.3, -0.25) is 9.58 Å². The first-order valence-corrected chi connectivity index (χ1v) is 7.31. The maximum absolute atomic E-state index is 4.20. The number of nitrogens with one attached hydrogen (secondary N) is 1. The van der Waals surface area contributed by atoms with Gasteiger partial charge in [0.15, 0.2) is 0 Å². The van der Waals surface area contributed by atoms with Crippen molar-refractivity contribution < 1.29 is 0 Å². The van der Waals surface area contributed by atoms with Crippen LogP contribution in [0.5, 0.6) is 0 Å². The van der Waals surface area contributed by atoms with E-state index in [1.54, 1.807) is 0 Å². The predicted molar refractivity (Wildman–Crippen MR) is 81.6 cm³/mol. The normalized spacial score (nSPS) is 17.2. The van der Waals surface area contributed by atoms with Crippen LogP contribution in [0.3, 0.4) is 0 Å². The lowest BCUT2D eigenvalue weighted by atomic mass is 10.0. The van der Waals surface area contributed by atoms with Crippen LogP contribution in [0, 0.1) is 0 Å². The molecule has 1 aromatic carbocycles. The zero-order valence-electron chi connectivity index (χ0n) is 12.0. The van der Waals surface area contributed by atoms with Crippen molar-refractivity contribution in [3.05, 3.63) is 48.3 Å². The molecule has 4 heteroatoms. The fourth-order valence-electron chi connectivity index (χ4n) is 2.81. The Kier molecular flexibility index (Phi) is 4.02. The Bertz CT molecular complexity index is 526. The SMILES string of the molecule is Cn1cc(NC2CCN(Cc3ccccc3)CC2)cn1. The molecule has 0 amide bonds. The average Bonchev–Trinajstić information content (AvgIpc) is 2.88. The molecule has 1 fully saturated rings. The van der Waals surface area contributed by atoms with Gasteiger partial charge in [-0.25, -0.2) is 0 Å². The molecule has 1 aliphatic heterocycles. The minimum atomic E-state index is 0.575. The summed E-state index contributed by atoms with van der Waals surface area (Å²) in [6, 6.07) is 11.3. The highest BCUT2D eigenvalue weighted by Crippen LogP contribution is 2.17. The van der Waals surface area contributed by atoms with Crippen molar-refractivity contribution in [2.24, 2.45) is 7.05 Å². The summed E-state index contributed by atoms with van der Waals surface area (Å²) in [6.07, 6.45) is 6.33. The van der Waals surface area contributed by atoms with E-state index in [-0.39, 0.29) is 0 Å². The van der Waals surface area contributed by atoms with E-state index in [1.165, 1.54) is 18.4 Å². The quantitative estimate of drug-likeness (QED) is 0.926. The van der Waals surface area contributed by atoms with Gasteiger partial charge in [-0.15, -0.1) is 0 Å². The van der Waals surface area contributed by atoms with Gasteiger partial charge in [0, 0.05) is 38.9 Å². The highest BCUT2D eigenvalue weighted by molar-refractivity contribution is 5.39. The van der Waals surface area contributed by atoms with Gasteiger partial charge in [-0.2, -0.15) is 5.10 Å². The molecule has 0 radical (unpaired) electrons. The van der Waals surface area contributed by atoms with Crippen LogP contribution in [0.1, 0.15) is 18.4 Å². The molecule has 0 bridgehead atoms. The third-order valence-corrected chi connectivity index (χ3v) is 3.91. The van der Waals surface area contributed by atoms with Gasteiger partial charge in [0.2, 0.25) is 0 Å². The summed E-state index contributed by atoms with van der Waals surface area (Å²) < 4.78 is 1.84. The molecule has 4 nitrogen and oxygen atoms in total. The number of hydrogen-bond acceptors (Lipinski definition) is 3. The van der Waals surface area contributed by atoms with E-state index in [2.05, 4.69) is 45.6 Å². The molecule has 2 heterocycles. The van der Waals surface area contributed by atoms with Crippen molar-refractivity contribution in [1.82, 2.24) is 14.7 Å². The van der Waals surface area contributed by atoms with E-state index in [0.717, 1.165) is 25.3 Å². The molecular formula is C16H22N4. The van der Waals surface area contributed by atoms with Crippen LogP contribution in [0.2, 0.25) is 0 Å². The summed E-state index contributed by atoms with van der Waals surface area (Å²) in [5.74, 6) is 0. The van der Waals surface area contributed by atoms with Crippen molar-refractivity contribution in [3.63, 3.8) is 0 Å². The van der Waals surface area contributed by atoms with Gasteiger partial charge in [-0.05, 0) is 18.4 Å². The zero-order valence-corrected chi connectivity index (χ0v) is 12.0. The number of aromatic nitrogens is 2. The minimum Gasteiger partial charge on any atom is -0.380 e. The molecule has 0 saturated carbocycles. The van der Waals surface area contributed by atoms with E-state index >= 15 is 0 Å². The molecule has 0 spiro atoms. The lowest BCUT2D eigenvalue weighted by Crippen LogP contribution is -2.38. The van der Waals surface area contributed by atoms with Gasteiger partial charge < -0.3 is 5.32 Å². The molecule has 20 heavy (non-hydrogen) atoms. The van der Waals surface area contributed by atoms with Gasteiger partial charge in [-0.1, -0.05) is 30.3 Å². The second-order valence-corrected chi connectivity index (χ2v) is 5.58. The summed E-state index contributed by atoms with van der Waals surface area (Å²) in [7, 11) is 1.95. The largest absolute Gasteiger partial charge is 0.380 e. The Balaban J connectivity index is 1.47. The van der Waals surface area contributed by atoms with Crippen molar-refractivity contribution in [1.29, 1.82) is 0 Å². The third-order valence-electron chi connectivity index (χ3n) is 3.91. The van der Waals surface area contributed by atoms with Crippen molar-refractivity contribution in [2.45, 2.75) is 25.4 Å². The lowest BCUT2D eigenvalue weighted by molar-refractivity contribution is 0.211. The Hall–Kier alpha value is -1.81. The standard InChI is InChI=1S/C16H22N4/c1-19-13-16(11-17-19)18-15-7-9-20(10-8-15)12-14-5-3-2-4-6-14/h2-6,11,13,15,18H,7-10,12H2,1H3. The van der Waals surface area contributed by atoms with Crippen molar-refractivity contribution in [2.75, 3.05) is 18.4 Å². The molecule has 3 rings (SSSR count).